The SMILES string of the molecule is CCNC(=NCCc1nc(-c2ccco2)n[nH]1)N1CCN(CC(=O)N2CCCC2)CC1. The van der Waals surface area contributed by atoms with Crippen molar-refractivity contribution in [2.75, 3.05) is 58.9 Å². The molecule has 4 heterocycles. The maximum atomic E-state index is 12.4. The largest absolute Gasteiger partial charge is 0.461 e. The standard InChI is InChI=1S/C21H32N8O2/c1-2-22-21(23-8-7-18-24-20(26-25-18)17-6-5-15-31-17)29-13-11-27(12-14-29)16-19(30)28-9-3-4-10-28/h5-6,15H,2-4,7-14,16H2,1H3,(H,22,23)(H,24,25,26). The molecule has 1 amide bonds. The van der Waals surface area contributed by atoms with E-state index in [-0.39, 0.29) is 5.91 Å². The maximum Gasteiger partial charge on any atom is 0.236 e. The zero-order chi connectivity index (χ0) is 21.5. The van der Waals surface area contributed by atoms with E-state index in [1.165, 1.54) is 0 Å². The van der Waals surface area contributed by atoms with Gasteiger partial charge in [-0.25, -0.2) is 4.98 Å². The summed E-state index contributed by atoms with van der Waals surface area (Å²) >= 11 is 0. The molecular formula is C21H32N8O2. The van der Waals surface area contributed by atoms with Crippen molar-refractivity contribution in [1.82, 2.24) is 35.2 Å². The number of rotatable bonds is 7. The Kier molecular flexibility index (Phi) is 7.18. The highest BCUT2D eigenvalue weighted by atomic mass is 16.3. The fourth-order valence-corrected chi connectivity index (χ4v) is 3.99. The van der Waals surface area contributed by atoms with E-state index in [0.717, 1.165) is 70.4 Å². The normalized spacial score (nSPS) is 18.0. The van der Waals surface area contributed by atoms with Gasteiger partial charge in [0.25, 0.3) is 0 Å². The number of furan rings is 1. The van der Waals surface area contributed by atoms with Gasteiger partial charge < -0.3 is 19.5 Å². The van der Waals surface area contributed by atoms with Gasteiger partial charge in [0.15, 0.2) is 11.7 Å². The zero-order valence-corrected chi connectivity index (χ0v) is 18.2. The van der Waals surface area contributed by atoms with E-state index in [0.29, 0.717) is 31.1 Å². The predicted molar refractivity (Wildman–Crippen MR) is 118 cm³/mol. The maximum absolute atomic E-state index is 12.4. The third-order valence-electron chi connectivity index (χ3n) is 5.71. The number of piperazine rings is 1. The summed E-state index contributed by atoms with van der Waals surface area (Å²) in [5.41, 5.74) is 0. The van der Waals surface area contributed by atoms with Crippen molar-refractivity contribution in [3.05, 3.63) is 24.2 Å². The summed E-state index contributed by atoms with van der Waals surface area (Å²) < 4.78 is 5.33. The predicted octanol–water partition coefficient (Wildman–Crippen LogP) is 0.813. The molecule has 31 heavy (non-hydrogen) atoms. The minimum atomic E-state index is 0.271. The Morgan fingerprint density at radius 2 is 2.00 bits per heavy atom. The number of carbonyl (C=O) groups is 1. The molecular weight excluding hydrogens is 396 g/mol. The summed E-state index contributed by atoms with van der Waals surface area (Å²) in [5.74, 6) is 3.19. The summed E-state index contributed by atoms with van der Waals surface area (Å²) in [6.07, 6.45) is 4.56. The third kappa shape index (κ3) is 5.63. The van der Waals surface area contributed by atoms with E-state index in [4.69, 9.17) is 9.41 Å². The van der Waals surface area contributed by atoms with E-state index in [9.17, 15) is 4.79 Å². The van der Waals surface area contributed by atoms with Crippen molar-refractivity contribution in [3.8, 4) is 11.6 Å². The second kappa shape index (κ2) is 10.4. The Morgan fingerprint density at radius 3 is 2.71 bits per heavy atom. The summed E-state index contributed by atoms with van der Waals surface area (Å²) in [6.45, 7) is 9.36. The molecule has 2 fully saturated rings. The number of likely N-dealkylation sites (tertiary alicyclic amines) is 1. The summed E-state index contributed by atoms with van der Waals surface area (Å²) in [4.78, 5) is 28.2. The quantitative estimate of drug-likeness (QED) is 0.497. The highest BCUT2D eigenvalue weighted by molar-refractivity contribution is 5.80. The number of carbonyl (C=O) groups excluding carboxylic acids is 1. The van der Waals surface area contributed by atoms with Crippen LogP contribution in [0.4, 0.5) is 0 Å². The van der Waals surface area contributed by atoms with Crippen LogP contribution in [-0.2, 0) is 11.2 Å². The fourth-order valence-electron chi connectivity index (χ4n) is 3.99. The van der Waals surface area contributed by atoms with Crippen molar-refractivity contribution < 1.29 is 9.21 Å². The number of H-pyrrole nitrogens is 1. The van der Waals surface area contributed by atoms with Crippen LogP contribution in [0, 0.1) is 0 Å². The van der Waals surface area contributed by atoms with E-state index < -0.39 is 0 Å². The fraction of sp³-hybridized carbons (Fsp3) is 0.619. The minimum absolute atomic E-state index is 0.271. The molecule has 2 aliphatic rings. The van der Waals surface area contributed by atoms with Crippen molar-refractivity contribution in [2.24, 2.45) is 4.99 Å². The van der Waals surface area contributed by atoms with Gasteiger partial charge in [0.1, 0.15) is 5.82 Å². The number of aromatic nitrogens is 3. The molecule has 2 N–H and O–H groups in total. The second-order valence-corrected chi connectivity index (χ2v) is 7.92. The molecule has 0 saturated carbocycles. The first-order chi connectivity index (χ1) is 15.2. The Balaban J connectivity index is 1.25. The molecule has 4 rings (SSSR count). The van der Waals surface area contributed by atoms with E-state index >= 15 is 0 Å². The number of aliphatic imine (C=N–C) groups is 1. The molecule has 2 aromatic heterocycles. The lowest BCUT2D eigenvalue weighted by atomic mass is 10.3. The molecule has 10 nitrogen and oxygen atoms in total. The van der Waals surface area contributed by atoms with E-state index in [1.54, 1.807) is 6.26 Å². The van der Waals surface area contributed by atoms with Crippen molar-refractivity contribution in [3.63, 3.8) is 0 Å². The van der Waals surface area contributed by atoms with Crippen LogP contribution in [0.2, 0.25) is 0 Å². The Labute approximate surface area is 182 Å². The average Bonchev–Trinajstić information content (AvgIpc) is 3.56. The molecule has 0 aliphatic carbocycles. The van der Waals surface area contributed by atoms with Crippen molar-refractivity contribution >= 4 is 11.9 Å². The Bertz CT molecular complexity index is 849. The van der Waals surface area contributed by atoms with Gasteiger partial charge in [-0.05, 0) is 31.9 Å². The zero-order valence-electron chi connectivity index (χ0n) is 18.2. The van der Waals surface area contributed by atoms with Gasteiger partial charge in [0.2, 0.25) is 11.7 Å². The third-order valence-corrected chi connectivity index (χ3v) is 5.71. The molecule has 0 radical (unpaired) electrons. The van der Waals surface area contributed by atoms with Gasteiger partial charge in [0, 0.05) is 58.8 Å². The minimum Gasteiger partial charge on any atom is -0.461 e. The number of aromatic amines is 1. The first-order valence-electron chi connectivity index (χ1n) is 11.2. The van der Waals surface area contributed by atoms with Crippen molar-refractivity contribution in [2.45, 2.75) is 26.2 Å². The van der Waals surface area contributed by atoms with Gasteiger partial charge in [0.05, 0.1) is 12.8 Å². The highest BCUT2D eigenvalue weighted by Gasteiger charge is 2.24. The Morgan fingerprint density at radius 1 is 1.19 bits per heavy atom. The lowest BCUT2D eigenvalue weighted by Gasteiger charge is -2.36. The monoisotopic (exact) mass is 428 g/mol. The van der Waals surface area contributed by atoms with E-state index in [1.807, 2.05) is 17.0 Å². The molecule has 0 spiro atoms. The number of nitrogens with zero attached hydrogens (tertiary/aromatic N) is 6. The molecule has 2 aliphatic heterocycles. The summed E-state index contributed by atoms with van der Waals surface area (Å²) in [7, 11) is 0. The van der Waals surface area contributed by atoms with Crippen LogP contribution in [0.15, 0.2) is 27.8 Å². The smallest absolute Gasteiger partial charge is 0.236 e. The van der Waals surface area contributed by atoms with Gasteiger partial charge in [-0.15, -0.1) is 0 Å². The van der Waals surface area contributed by atoms with Crippen molar-refractivity contribution in [1.29, 1.82) is 0 Å². The van der Waals surface area contributed by atoms with Gasteiger partial charge in [-0.1, -0.05) is 0 Å². The topological polar surface area (TPSA) is 106 Å². The first-order valence-corrected chi connectivity index (χ1v) is 11.2. The lowest BCUT2D eigenvalue weighted by Crippen LogP contribution is -2.54. The molecule has 168 valence electrons. The van der Waals surface area contributed by atoms with Crippen LogP contribution >= 0.6 is 0 Å². The lowest BCUT2D eigenvalue weighted by molar-refractivity contribution is -0.131. The number of hydrogen-bond acceptors (Lipinski definition) is 6. The van der Waals surface area contributed by atoms with Gasteiger partial charge in [-0.3, -0.25) is 19.8 Å². The molecule has 2 saturated heterocycles. The van der Waals surface area contributed by atoms with Crippen LogP contribution in [0.25, 0.3) is 11.6 Å². The van der Waals surface area contributed by atoms with Crippen LogP contribution < -0.4 is 5.32 Å². The van der Waals surface area contributed by atoms with Crippen LogP contribution in [0.5, 0.6) is 0 Å². The second-order valence-electron chi connectivity index (χ2n) is 7.92. The summed E-state index contributed by atoms with van der Waals surface area (Å²) in [5, 5.41) is 10.5. The van der Waals surface area contributed by atoms with Crippen LogP contribution in [0.1, 0.15) is 25.6 Å². The Hall–Kier alpha value is -2.88. The molecule has 2 aromatic rings. The molecule has 0 atom stereocenters. The number of hydrogen-bond donors (Lipinski definition) is 2. The molecule has 0 aromatic carbocycles. The summed E-state index contributed by atoms with van der Waals surface area (Å²) in [6, 6.07) is 3.66. The first kappa shape index (κ1) is 21.4. The van der Waals surface area contributed by atoms with Gasteiger partial charge in [-0.2, -0.15) is 5.10 Å². The number of nitrogens with one attached hydrogen (secondary N) is 2. The van der Waals surface area contributed by atoms with Gasteiger partial charge >= 0.3 is 0 Å². The molecule has 0 unspecified atom stereocenters. The van der Waals surface area contributed by atoms with Crippen LogP contribution in [-0.4, -0.2) is 101 Å². The van der Waals surface area contributed by atoms with E-state index in [2.05, 4.69) is 37.2 Å². The average molecular weight is 429 g/mol. The molecule has 10 heteroatoms. The molecule has 0 bridgehead atoms. The highest BCUT2D eigenvalue weighted by Crippen LogP contribution is 2.14. The number of guanidine groups is 1. The van der Waals surface area contributed by atoms with Crippen LogP contribution in [0.3, 0.4) is 0 Å². The number of amides is 1.